The van der Waals surface area contributed by atoms with E-state index in [9.17, 15) is 0 Å². The van der Waals surface area contributed by atoms with E-state index in [4.69, 9.17) is 4.74 Å². The van der Waals surface area contributed by atoms with Crippen molar-refractivity contribution in [3.63, 3.8) is 0 Å². The van der Waals surface area contributed by atoms with Gasteiger partial charge in [0.15, 0.2) is 0 Å². The van der Waals surface area contributed by atoms with Crippen molar-refractivity contribution in [2.24, 2.45) is 11.8 Å². The first-order chi connectivity index (χ1) is 8.98. The van der Waals surface area contributed by atoms with Gasteiger partial charge in [0.25, 0.3) is 0 Å². The Morgan fingerprint density at radius 2 is 1.84 bits per heavy atom. The van der Waals surface area contributed by atoms with Gasteiger partial charge in [0.1, 0.15) is 5.75 Å². The summed E-state index contributed by atoms with van der Waals surface area (Å²) in [5.74, 6) is 2.64. The summed E-state index contributed by atoms with van der Waals surface area (Å²) < 4.78 is 5.21. The number of hydrogen-bond donors (Lipinski definition) is 1. The first-order valence-corrected chi connectivity index (χ1v) is 7.36. The minimum absolute atomic E-state index is 0.215. The number of hydrogen-bond acceptors (Lipinski definition) is 2. The second-order valence-corrected chi connectivity index (χ2v) is 6.78. The summed E-state index contributed by atoms with van der Waals surface area (Å²) >= 11 is 0. The summed E-state index contributed by atoms with van der Waals surface area (Å²) in [5, 5.41) is 3.66. The lowest BCUT2D eigenvalue weighted by Gasteiger charge is -2.25. The predicted octanol–water partition coefficient (Wildman–Crippen LogP) is 3.65. The van der Waals surface area contributed by atoms with Gasteiger partial charge in [-0.2, -0.15) is 0 Å². The molecule has 0 heterocycles. The van der Waals surface area contributed by atoms with Crippen LogP contribution < -0.4 is 10.1 Å². The van der Waals surface area contributed by atoms with E-state index in [1.807, 2.05) is 0 Å². The molecule has 1 aliphatic carbocycles. The average Bonchev–Trinajstić information content (AvgIpc) is 3.18. The number of benzene rings is 1. The monoisotopic (exact) mass is 261 g/mol. The molecule has 1 fully saturated rings. The van der Waals surface area contributed by atoms with Gasteiger partial charge in [0, 0.05) is 5.54 Å². The van der Waals surface area contributed by atoms with Crippen molar-refractivity contribution in [2.75, 3.05) is 13.7 Å². The van der Waals surface area contributed by atoms with Crippen molar-refractivity contribution in [3.8, 4) is 5.75 Å². The molecule has 2 heteroatoms. The van der Waals surface area contributed by atoms with E-state index < -0.39 is 0 Å². The lowest BCUT2D eigenvalue weighted by atomic mass is 9.93. The number of methoxy groups -OCH3 is 1. The number of nitrogens with one attached hydrogen (secondary N) is 1. The highest BCUT2D eigenvalue weighted by Gasteiger charge is 2.31. The Morgan fingerprint density at radius 1 is 1.21 bits per heavy atom. The van der Waals surface area contributed by atoms with Crippen LogP contribution in [-0.4, -0.2) is 19.2 Å². The van der Waals surface area contributed by atoms with Crippen LogP contribution in [0.1, 0.15) is 39.2 Å². The molecule has 1 aliphatic rings. The van der Waals surface area contributed by atoms with E-state index in [-0.39, 0.29) is 5.54 Å². The SMILES string of the molecule is COc1ccc(CC(CNC(C)(C)C)C2CC2)cc1. The molecular formula is C17H27NO. The van der Waals surface area contributed by atoms with E-state index >= 15 is 0 Å². The summed E-state index contributed by atoms with van der Waals surface area (Å²) in [6, 6.07) is 8.53. The van der Waals surface area contributed by atoms with Gasteiger partial charge >= 0.3 is 0 Å². The van der Waals surface area contributed by atoms with Crippen molar-refractivity contribution in [3.05, 3.63) is 29.8 Å². The highest BCUT2D eigenvalue weighted by Crippen LogP contribution is 2.38. The van der Waals surface area contributed by atoms with E-state index in [0.29, 0.717) is 0 Å². The predicted molar refractivity (Wildman–Crippen MR) is 80.7 cm³/mol. The van der Waals surface area contributed by atoms with Gasteiger partial charge in [0.2, 0.25) is 0 Å². The summed E-state index contributed by atoms with van der Waals surface area (Å²) in [6.07, 6.45) is 4.00. The fraction of sp³-hybridized carbons (Fsp3) is 0.647. The van der Waals surface area contributed by atoms with Crippen LogP contribution in [0.5, 0.6) is 5.75 Å². The van der Waals surface area contributed by atoms with Gasteiger partial charge in [0.05, 0.1) is 7.11 Å². The van der Waals surface area contributed by atoms with E-state index in [2.05, 4.69) is 50.4 Å². The second-order valence-electron chi connectivity index (χ2n) is 6.78. The molecule has 0 radical (unpaired) electrons. The quantitative estimate of drug-likeness (QED) is 0.844. The molecule has 0 amide bonds. The Kier molecular flexibility index (Phi) is 4.51. The molecule has 2 rings (SSSR count). The lowest BCUT2D eigenvalue weighted by Crippen LogP contribution is -2.40. The lowest BCUT2D eigenvalue weighted by molar-refractivity contribution is 0.346. The molecule has 1 saturated carbocycles. The third-order valence-corrected chi connectivity index (χ3v) is 3.84. The summed E-state index contributed by atoms with van der Waals surface area (Å²) in [6.45, 7) is 7.85. The Bertz CT molecular complexity index is 387. The van der Waals surface area contributed by atoms with E-state index in [1.165, 1.54) is 24.8 Å². The molecule has 106 valence electrons. The molecule has 1 unspecified atom stereocenters. The molecule has 0 spiro atoms. The zero-order valence-electron chi connectivity index (χ0n) is 12.7. The minimum atomic E-state index is 0.215. The Balaban J connectivity index is 1.92. The zero-order valence-corrected chi connectivity index (χ0v) is 12.7. The third-order valence-electron chi connectivity index (χ3n) is 3.84. The number of rotatable bonds is 6. The molecule has 0 saturated heterocycles. The summed E-state index contributed by atoms with van der Waals surface area (Å²) in [4.78, 5) is 0. The van der Waals surface area contributed by atoms with Crippen LogP contribution in [0.15, 0.2) is 24.3 Å². The van der Waals surface area contributed by atoms with Gasteiger partial charge in [-0.3, -0.25) is 0 Å². The van der Waals surface area contributed by atoms with Crippen molar-refractivity contribution >= 4 is 0 Å². The van der Waals surface area contributed by atoms with Crippen molar-refractivity contribution in [1.29, 1.82) is 0 Å². The maximum absolute atomic E-state index is 5.21. The van der Waals surface area contributed by atoms with E-state index in [0.717, 1.165) is 24.1 Å². The van der Waals surface area contributed by atoms with Gasteiger partial charge in [-0.05, 0) is 76.1 Å². The molecule has 2 nitrogen and oxygen atoms in total. The molecule has 1 atom stereocenters. The summed E-state index contributed by atoms with van der Waals surface area (Å²) in [5.41, 5.74) is 1.64. The Labute approximate surface area is 117 Å². The van der Waals surface area contributed by atoms with Gasteiger partial charge < -0.3 is 10.1 Å². The Hall–Kier alpha value is -1.02. The first-order valence-electron chi connectivity index (χ1n) is 7.36. The molecule has 1 aromatic rings. The standard InChI is InChI=1S/C17H27NO/c1-17(2,3)18-12-15(14-7-8-14)11-13-5-9-16(19-4)10-6-13/h5-6,9-10,14-15,18H,7-8,11-12H2,1-4H3. The average molecular weight is 261 g/mol. The van der Waals surface area contributed by atoms with Gasteiger partial charge in [-0.1, -0.05) is 12.1 Å². The highest BCUT2D eigenvalue weighted by atomic mass is 16.5. The van der Waals surface area contributed by atoms with E-state index in [1.54, 1.807) is 7.11 Å². The van der Waals surface area contributed by atoms with Crippen molar-refractivity contribution in [1.82, 2.24) is 5.32 Å². The van der Waals surface area contributed by atoms with Crippen LogP contribution in [0.25, 0.3) is 0 Å². The van der Waals surface area contributed by atoms with Crippen LogP contribution in [0, 0.1) is 11.8 Å². The third kappa shape index (κ3) is 4.87. The zero-order chi connectivity index (χ0) is 13.9. The molecule has 0 bridgehead atoms. The molecule has 1 aromatic carbocycles. The number of ether oxygens (including phenoxy) is 1. The van der Waals surface area contributed by atoms with Crippen molar-refractivity contribution < 1.29 is 4.74 Å². The van der Waals surface area contributed by atoms with Gasteiger partial charge in [-0.25, -0.2) is 0 Å². The normalized spacial score (nSPS) is 17.3. The molecule has 0 aliphatic heterocycles. The highest BCUT2D eigenvalue weighted by molar-refractivity contribution is 5.27. The maximum Gasteiger partial charge on any atom is 0.118 e. The second kappa shape index (κ2) is 5.96. The smallest absolute Gasteiger partial charge is 0.118 e. The first kappa shape index (κ1) is 14.4. The van der Waals surface area contributed by atoms with Gasteiger partial charge in [-0.15, -0.1) is 0 Å². The van der Waals surface area contributed by atoms with Crippen LogP contribution in [0.4, 0.5) is 0 Å². The molecule has 19 heavy (non-hydrogen) atoms. The fourth-order valence-corrected chi connectivity index (χ4v) is 2.47. The van der Waals surface area contributed by atoms with Crippen LogP contribution in [0.3, 0.4) is 0 Å². The van der Waals surface area contributed by atoms with Crippen molar-refractivity contribution in [2.45, 2.75) is 45.6 Å². The van der Waals surface area contributed by atoms with Crippen LogP contribution in [-0.2, 0) is 6.42 Å². The van der Waals surface area contributed by atoms with Crippen LogP contribution >= 0.6 is 0 Å². The minimum Gasteiger partial charge on any atom is -0.497 e. The topological polar surface area (TPSA) is 21.3 Å². The maximum atomic E-state index is 5.21. The molecule has 1 N–H and O–H groups in total. The molecular weight excluding hydrogens is 234 g/mol. The summed E-state index contributed by atoms with van der Waals surface area (Å²) in [7, 11) is 1.72. The Morgan fingerprint density at radius 3 is 2.32 bits per heavy atom. The van der Waals surface area contributed by atoms with Crippen LogP contribution in [0.2, 0.25) is 0 Å². The largest absolute Gasteiger partial charge is 0.497 e. The molecule has 0 aromatic heterocycles. The fourth-order valence-electron chi connectivity index (χ4n) is 2.47.